The van der Waals surface area contributed by atoms with Gasteiger partial charge in [0.1, 0.15) is 12.2 Å². The van der Waals surface area contributed by atoms with E-state index in [4.69, 9.17) is 4.74 Å². The van der Waals surface area contributed by atoms with Gasteiger partial charge >= 0.3 is 0 Å². The summed E-state index contributed by atoms with van der Waals surface area (Å²) in [4.78, 5) is 0. The fourth-order valence-electron chi connectivity index (χ4n) is 1.96. The van der Waals surface area contributed by atoms with Gasteiger partial charge in [-0.15, -0.1) is 0 Å². The fraction of sp³-hybridized carbons (Fsp3) is 0.200. The molecule has 0 radical (unpaired) electrons. The highest BCUT2D eigenvalue weighted by atomic mass is 16.6. The van der Waals surface area contributed by atoms with E-state index in [9.17, 15) is 5.11 Å². The third-order valence-electron chi connectivity index (χ3n) is 3.07. The zero-order valence-electron chi connectivity index (χ0n) is 9.41. The van der Waals surface area contributed by atoms with Crippen molar-refractivity contribution in [2.24, 2.45) is 0 Å². The molecule has 0 saturated carbocycles. The van der Waals surface area contributed by atoms with Crippen molar-refractivity contribution in [3.05, 3.63) is 60.2 Å². The summed E-state index contributed by atoms with van der Waals surface area (Å²) in [5, 5.41) is 9.90. The van der Waals surface area contributed by atoms with Crippen molar-refractivity contribution >= 4 is 0 Å². The summed E-state index contributed by atoms with van der Waals surface area (Å²) in [6, 6.07) is 18.2. The zero-order chi connectivity index (χ0) is 11.7. The maximum Gasteiger partial charge on any atom is 0.111 e. The third kappa shape index (κ3) is 2.23. The second-order valence-corrected chi connectivity index (χ2v) is 4.30. The average Bonchev–Trinajstić information content (AvgIpc) is 3.24. The fourth-order valence-corrected chi connectivity index (χ4v) is 1.96. The summed E-state index contributed by atoms with van der Waals surface area (Å²) < 4.78 is 5.09. The topological polar surface area (TPSA) is 32.8 Å². The number of aliphatic hydroxyl groups is 1. The molecule has 2 unspecified atom stereocenters. The molecule has 2 atom stereocenters. The Bertz CT molecular complexity index is 486. The van der Waals surface area contributed by atoms with E-state index in [0.29, 0.717) is 6.61 Å². The Kier molecular flexibility index (Phi) is 2.67. The molecule has 0 bridgehead atoms. The van der Waals surface area contributed by atoms with Crippen molar-refractivity contribution in [2.75, 3.05) is 6.61 Å². The Hall–Kier alpha value is -1.64. The van der Waals surface area contributed by atoms with Crippen LogP contribution < -0.4 is 0 Å². The lowest BCUT2D eigenvalue weighted by molar-refractivity contribution is 0.137. The van der Waals surface area contributed by atoms with Gasteiger partial charge in [0.15, 0.2) is 0 Å². The minimum absolute atomic E-state index is 0.00225. The van der Waals surface area contributed by atoms with Gasteiger partial charge in [-0.3, -0.25) is 0 Å². The van der Waals surface area contributed by atoms with E-state index < -0.39 is 6.10 Å². The predicted molar refractivity (Wildman–Crippen MR) is 66.6 cm³/mol. The first kappa shape index (κ1) is 10.5. The van der Waals surface area contributed by atoms with Gasteiger partial charge in [-0.05, 0) is 16.7 Å². The molecule has 2 aromatic rings. The molecule has 2 aromatic carbocycles. The quantitative estimate of drug-likeness (QED) is 0.816. The van der Waals surface area contributed by atoms with Crippen molar-refractivity contribution in [3.8, 4) is 11.1 Å². The van der Waals surface area contributed by atoms with Crippen molar-refractivity contribution in [1.29, 1.82) is 0 Å². The first-order chi connectivity index (χ1) is 8.34. The molecule has 0 amide bonds. The van der Waals surface area contributed by atoms with Crippen LogP contribution in [0.2, 0.25) is 0 Å². The van der Waals surface area contributed by atoms with Crippen LogP contribution in [0.25, 0.3) is 11.1 Å². The van der Waals surface area contributed by atoms with Crippen LogP contribution in [-0.2, 0) is 4.74 Å². The van der Waals surface area contributed by atoms with Gasteiger partial charge in [0.25, 0.3) is 0 Å². The highest BCUT2D eigenvalue weighted by Crippen LogP contribution is 2.28. The Balaban J connectivity index is 1.85. The van der Waals surface area contributed by atoms with E-state index in [1.807, 2.05) is 42.5 Å². The van der Waals surface area contributed by atoms with Crippen molar-refractivity contribution in [2.45, 2.75) is 12.2 Å². The lowest BCUT2D eigenvalue weighted by Gasteiger charge is -2.08. The van der Waals surface area contributed by atoms with Crippen molar-refractivity contribution in [3.63, 3.8) is 0 Å². The van der Waals surface area contributed by atoms with Crippen LogP contribution in [0.5, 0.6) is 0 Å². The van der Waals surface area contributed by atoms with Crippen LogP contribution in [-0.4, -0.2) is 17.8 Å². The molecule has 1 saturated heterocycles. The van der Waals surface area contributed by atoms with Crippen LogP contribution in [0.15, 0.2) is 54.6 Å². The van der Waals surface area contributed by atoms with E-state index in [0.717, 1.165) is 5.56 Å². The minimum atomic E-state index is -0.486. The normalized spacial score (nSPS) is 19.9. The summed E-state index contributed by atoms with van der Waals surface area (Å²) in [6.45, 7) is 0.668. The maximum atomic E-state index is 9.90. The molecule has 1 heterocycles. The molecule has 3 rings (SSSR count). The Morgan fingerprint density at radius 2 is 1.53 bits per heavy atom. The van der Waals surface area contributed by atoms with Crippen LogP contribution in [0.1, 0.15) is 11.7 Å². The van der Waals surface area contributed by atoms with Gasteiger partial charge in [-0.25, -0.2) is 0 Å². The second-order valence-electron chi connectivity index (χ2n) is 4.30. The summed E-state index contributed by atoms with van der Waals surface area (Å²) in [6.07, 6.45) is -0.489. The Morgan fingerprint density at radius 1 is 0.941 bits per heavy atom. The third-order valence-corrected chi connectivity index (χ3v) is 3.07. The zero-order valence-corrected chi connectivity index (χ0v) is 9.41. The predicted octanol–water partition coefficient (Wildman–Crippen LogP) is 2.79. The van der Waals surface area contributed by atoms with Crippen molar-refractivity contribution in [1.82, 2.24) is 0 Å². The molecular formula is C15H14O2. The molecular weight excluding hydrogens is 212 g/mol. The molecule has 0 aliphatic carbocycles. The monoisotopic (exact) mass is 226 g/mol. The van der Waals surface area contributed by atoms with Gasteiger partial charge in [-0.2, -0.15) is 0 Å². The number of aliphatic hydroxyl groups excluding tert-OH is 1. The van der Waals surface area contributed by atoms with E-state index in [1.165, 1.54) is 11.1 Å². The summed E-state index contributed by atoms with van der Waals surface area (Å²) in [5.74, 6) is 0. The molecule has 1 N–H and O–H groups in total. The molecule has 2 heteroatoms. The SMILES string of the molecule is OC(c1ccc(-c2ccccc2)cc1)C1CO1. The number of epoxide rings is 1. The number of benzene rings is 2. The lowest BCUT2D eigenvalue weighted by Crippen LogP contribution is -2.04. The van der Waals surface area contributed by atoms with E-state index in [-0.39, 0.29) is 6.10 Å². The molecule has 1 aliphatic rings. The van der Waals surface area contributed by atoms with E-state index in [1.54, 1.807) is 0 Å². The van der Waals surface area contributed by atoms with Crippen molar-refractivity contribution < 1.29 is 9.84 Å². The molecule has 86 valence electrons. The molecule has 17 heavy (non-hydrogen) atoms. The highest BCUT2D eigenvalue weighted by molar-refractivity contribution is 5.63. The summed E-state index contributed by atoms with van der Waals surface area (Å²) >= 11 is 0. The second kappa shape index (κ2) is 4.32. The number of hydrogen-bond acceptors (Lipinski definition) is 2. The highest BCUT2D eigenvalue weighted by Gasteiger charge is 2.32. The van der Waals surface area contributed by atoms with Crippen LogP contribution >= 0.6 is 0 Å². The molecule has 2 nitrogen and oxygen atoms in total. The van der Waals surface area contributed by atoms with Gasteiger partial charge in [0, 0.05) is 0 Å². The summed E-state index contributed by atoms with van der Waals surface area (Å²) in [7, 11) is 0. The van der Waals surface area contributed by atoms with Gasteiger partial charge < -0.3 is 9.84 Å². The number of rotatable bonds is 3. The first-order valence-corrected chi connectivity index (χ1v) is 5.79. The maximum absolute atomic E-state index is 9.90. The Morgan fingerprint density at radius 3 is 2.12 bits per heavy atom. The molecule has 1 aliphatic heterocycles. The first-order valence-electron chi connectivity index (χ1n) is 5.79. The standard InChI is InChI=1S/C15H14O2/c16-15(14-10-17-14)13-8-6-12(7-9-13)11-4-2-1-3-5-11/h1-9,14-16H,10H2. The molecule has 0 spiro atoms. The smallest absolute Gasteiger partial charge is 0.111 e. The Labute approximate surface area is 100 Å². The van der Waals surface area contributed by atoms with Crippen LogP contribution in [0, 0.1) is 0 Å². The summed E-state index contributed by atoms with van der Waals surface area (Å²) in [5.41, 5.74) is 3.28. The number of ether oxygens (including phenoxy) is 1. The minimum Gasteiger partial charge on any atom is -0.386 e. The number of hydrogen-bond donors (Lipinski definition) is 1. The van der Waals surface area contributed by atoms with E-state index in [2.05, 4.69) is 12.1 Å². The van der Waals surface area contributed by atoms with Crippen LogP contribution in [0.3, 0.4) is 0 Å². The van der Waals surface area contributed by atoms with Gasteiger partial charge in [0.2, 0.25) is 0 Å². The molecule has 1 fully saturated rings. The lowest BCUT2D eigenvalue weighted by atomic mass is 10.0. The molecule has 0 aromatic heterocycles. The van der Waals surface area contributed by atoms with Crippen LogP contribution in [0.4, 0.5) is 0 Å². The largest absolute Gasteiger partial charge is 0.386 e. The van der Waals surface area contributed by atoms with E-state index >= 15 is 0 Å². The van der Waals surface area contributed by atoms with Gasteiger partial charge in [-0.1, -0.05) is 54.6 Å². The van der Waals surface area contributed by atoms with Gasteiger partial charge in [0.05, 0.1) is 6.61 Å². The average molecular weight is 226 g/mol.